The third-order valence-corrected chi connectivity index (χ3v) is 4.18. The van der Waals surface area contributed by atoms with Crippen LogP contribution in [0.3, 0.4) is 0 Å². The minimum Gasteiger partial charge on any atom is -0.497 e. The van der Waals surface area contributed by atoms with Crippen molar-refractivity contribution in [3.63, 3.8) is 0 Å². The average Bonchev–Trinajstić information content (AvgIpc) is 3.01. The largest absolute Gasteiger partial charge is 0.497 e. The molecular formula is C19H20N2O3. The smallest absolute Gasteiger partial charge is 0.251 e. The van der Waals surface area contributed by atoms with Gasteiger partial charge in [0.25, 0.3) is 5.91 Å². The highest BCUT2D eigenvalue weighted by Gasteiger charge is 2.30. The van der Waals surface area contributed by atoms with Crippen LogP contribution in [0.1, 0.15) is 16.8 Å². The van der Waals surface area contributed by atoms with Crippen LogP contribution in [0.2, 0.25) is 0 Å². The van der Waals surface area contributed by atoms with Gasteiger partial charge in [0.05, 0.1) is 7.11 Å². The van der Waals surface area contributed by atoms with Crippen molar-refractivity contribution in [2.45, 2.75) is 6.42 Å². The number of carbonyl (C=O) groups is 2. The second-order valence-corrected chi connectivity index (χ2v) is 5.85. The zero-order chi connectivity index (χ0) is 16.9. The highest BCUT2D eigenvalue weighted by molar-refractivity contribution is 5.96. The van der Waals surface area contributed by atoms with Crippen LogP contribution in [-0.2, 0) is 4.79 Å². The third kappa shape index (κ3) is 3.56. The molecule has 1 unspecified atom stereocenters. The lowest BCUT2D eigenvalue weighted by molar-refractivity contribution is -0.117. The molecule has 0 bridgehead atoms. The first-order valence-electron chi connectivity index (χ1n) is 7.95. The molecule has 1 aliphatic rings. The first-order valence-corrected chi connectivity index (χ1v) is 7.95. The predicted molar refractivity (Wildman–Crippen MR) is 92.2 cm³/mol. The van der Waals surface area contributed by atoms with Crippen molar-refractivity contribution in [1.29, 1.82) is 0 Å². The van der Waals surface area contributed by atoms with Crippen molar-refractivity contribution in [3.8, 4) is 5.75 Å². The zero-order valence-electron chi connectivity index (χ0n) is 13.6. The van der Waals surface area contributed by atoms with Gasteiger partial charge in [-0.2, -0.15) is 0 Å². The Morgan fingerprint density at radius 3 is 2.54 bits per heavy atom. The number of anilines is 1. The van der Waals surface area contributed by atoms with E-state index in [1.165, 1.54) is 0 Å². The molecule has 5 nitrogen and oxygen atoms in total. The molecule has 0 aromatic heterocycles. The minimum absolute atomic E-state index is 0.102. The molecule has 0 radical (unpaired) electrons. The number of hydrogen-bond donors (Lipinski definition) is 1. The fraction of sp³-hybridized carbons (Fsp3) is 0.263. The first kappa shape index (κ1) is 16.1. The van der Waals surface area contributed by atoms with E-state index in [1.54, 1.807) is 36.3 Å². The Balaban J connectivity index is 1.55. The molecule has 1 saturated heterocycles. The fourth-order valence-electron chi connectivity index (χ4n) is 2.86. The molecule has 124 valence electrons. The van der Waals surface area contributed by atoms with Crippen LogP contribution in [0.15, 0.2) is 54.6 Å². The molecule has 1 N–H and O–H groups in total. The number of benzene rings is 2. The maximum absolute atomic E-state index is 12.2. The number of hydrogen-bond acceptors (Lipinski definition) is 3. The van der Waals surface area contributed by atoms with Gasteiger partial charge < -0.3 is 15.0 Å². The van der Waals surface area contributed by atoms with Crippen molar-refractivity contribution in [3.05, 3.63) is 60.2 Å². The van der Waals surface area contributed by atoms with Crippen LogP contribution in [0.4, 0.5) is 5.69 Å². The molecule has 2 aromatic rings. The minimum atomic E-state index is -0.136. The predicted octanol–water partition coefficient (Wildman–Crippen LogP) is 2.48. The number of carbonyl (C=O) groups excluding carboxylic acids is 2. The Labute approximate surface area is 141 Å². The molecule has 0 aliphatic carbocycles. The summed E-state index contributed by atoms with van der Waals surface area (Å²) in [7, 11) is 1.59. The maximum atomic E-state index is 12.2. The molecule has 3 rings (SSSR count). The van der Waals surface area contributed by atoms with Gasteiger partial charge in [-0.25, -0.2) is 0 Å². The Hall–Kier alpha value is -2.82. The molecule has 2 aromatic carbocycles. The standard InChI is InChI=1S/C19H20N2O3/c1-24-17-9-7-15(8-10-17)19(23)20-12-14-11-18(22)21(13-14)16-5-3-2-4-6-16/h2-10,14H,11-13H2,1H3,(H,20,23). The van der Waals surface area contributed by atoms with E-state index in [2.05, 4.69) is 5.32 Å². The molecule has 1 fully saturated rings. The quantitative estimate of drug-likeness (QED) is 0.919. The Morgan fingerprint density at radius 2 is 1.88 bits per heavy atom. The molecule has 2 amide bonds. The van der Waals surface area contributed by atoms with E-state index in [9.17, 15) is 9.59 Å². The molecule has 1 heterocycles. The number of rotatable bonds is 5. The second kappa shape index (κ2) is 7.17. The molecule has 1 aliphatic heterocycles. The third-order valence-electron chi connectivity index (χ3n) is 4.18. The van der Waals surface area contributed by atoms with Gasteiger partial charge in [-0.15, -0.1) is 0 Å². The van der Waals surface area contributed by atoms with Gasteiger partial charge in [0.1, 0.15) is 5.75 Å². The number of para-hydroxylation sites is 1. The van der Waals surface area contributed by atoms with Gasteiger partial charge in [-0.3, -0.25) is 9.59 Å². The van der Waals surface area contributed by atoms with Gasteiger partial charge in [-0.05, 0) is 36.4 Å². The number of methoxy groups -OCH3 is 1. The lowest BCUT2D eigenvalue weighted by atomic mass is 10.1. The van der Waals surface area contributed by atoms with Gasteiger partial charge in [-0.1, -0.05) is 18.2 Å². The highest BCUT2D eigenvalue weighted by Crippen LogP contribution is 2.24. The molecular weight excluding hydrogens is 304 g/mol. The monoisotopic (exact) mass is 324 g/mol. The van der Waals surface area contributed by atoms with Crippen LogP contribution in [0.25, 0.3) is 0 Å². The molecule has 24 heavy (non-hydrogen) atoms. The second-order valence-electron chi connectivity index (χ2n) is 5.85. The van der Waals surface area contributed by atoms with E-state index in [0.717, 1.165) is 5.69 Å². The van der Waals surface area contributed by atoms with Crippen molar-refractivity contribution in [2.75, 3.05) is 25.1 Å². The Kier molecular flexibility index (Phi) is 4.79. The van der Waals surface area contributed by atoms with E-state index in [1.807, 2.05) is 30.3 Å². The first-order chi connectivity index (χ1) is 11.7. The maximum Gasteiger partial charge on any atom is 0.251 e. The van der Waals surface area contributed by atoms with Crippen LogP contribution in [0, 0.1) is 5.92 Å². The van der Waals surface area contributed by atoms with Gasteiger partial charge in [0.15, 0.2) is 0 Å². The number of nitrogens with zero attached hydrogens (tertiary/aromatic N) is 1. The SMILES string of the molecule is COc1ccc(C(=O)NCC2CC(=O)N(c3ccccc3)C2)cc1. The lowest BCUT2D eigenvalue weighted by Gasteiger charge is -2.16. The van der Waals surface area contributed by atoms with Crippen LogP contribution < -0.4 is 15.0 Å². The fourth-order valence-corrected chi connectivity index (χ4v) is 2.86. The number of amides is 2. The van der Waals surface area contributed by atoms with Crippen LogP contribution in [0.5, 0.6) is 5.75 Å². The lowest BCUT2D eigenvalue weighted by Crippen LogP contribution is -2.31. The van der Waals surface area contributed by atoms with Crippen molar-refractivity contribution >= 4 is 17.5 Å². The Bertz CT molecular complexity index is 713. The molecule has 5 heteroatoms. The summed E-state index contributed by atoms with van der Waals surface area (Å²) in [4.78, 5) is 26.1. The number of ether oxygens (including phenoxy) is 1. The van der Waals surface area contributed by atoms with Crippen LogP contribution in [-0.4, -0.2) is 32.0 Å². The van der Waals surface area contributed by atoms with E-state index in [-0.39, 0.29) is 17.7 Å². The summed E-state index contributed by atoms with van der Waals surface area (Å²) in [6.45, 7) is 1.12. The summed E-state index contributed by atoms with van der Waals surface area (Å²) < 4.78 is 5.08. The summed E-state index contributed by atoms with van der Waals surface area (Å²) in [6, 6.07) is 16.6. The average molecular weight is 324 g/mol. The van der Waals surface area contributed by atoms with E-state index in [0.29, 0.717) is 30.8 Å². The Morgan fingerprint density at radius 1 is 1.17 bits per heavy atom. The van der Waals surface area contributed by atoms with Crippen molar-refractivity contribution in [2.24, 2.45) is 5.92 Å². The molecule has 0 saturated carbocycles. The van der Waals surface area contributed by atoms with E-state index in [4.69, 9.17) is 4.74 Å². The van der Waals surface area contributed by atoms with Gasteiger partial charge in [0, 0.05) is 36.7 Å². The summed E-state index contributed by atoms with van der Waals surface area (Å²) in [6.07, 6.45) is 0.456. The summed E-state index contributed by atoms with van der Waals surface area (Å²) in [5.74, 6) is 0.805. The summed E-state index contributed by atoms with van der Waals surface area (Å²) in [5.41, 5.74) is 1.49. The van der Waals surface area contributed by atoms with Crippen molar-refractivity contribution < 1.29 is 14.3 Å². The zero-order valence-corrected chi connectivity index (χ0v) is 13.6. The summed E-state index contributed by atoms with van der Waals surface area (Å²) in [5, 5.41) is 2.91. The van der Waals surface area contributed by atoms with Crippen LogP contribution >= 0.6 is 0 Å². The normalized spacial score (nSPS) is 17.0. The van der Waals surface area contributed by atoms with Gasteiger partial charge in [0.2, 0.25) is 5.91 Å². The molecule has 0 spiro atoms. The molecule has 1 atom stereocenters. The van der Waals surface area contributed by atoms with Crippen molar-refractivity contribution in [1.82, 2.24) is 5.32 Å². The highest BCUT2D eigenvalue weighted by atomic mass is 16.5. The topological polar surface area (TPSA) is 58.6 Å². The number of nitrogens with one attached hydrogen (secondary N) is 1. The van der Waals surface area contributed by atoms with E-state index < -0.39 is 0 Å². The van der Waals surface area contributed by atoms with E-state index >= 15 is 0 Å². The summed E-state index contributed by atoms with van der Waals surface area (Å²) >= 11 is 0. The van der Waals surface area contributed by atoms with Gasteiger partial charge >= 0.3 is 0 Å².